The van der Waals surface area contributed by atoms with Gasteiger partial charge in [0, 0.05) is 31.1 Å². The fourth-order valence-corrected chi connectivity index (χ4v) is 5.43. The van der Waals surface area contributed by atoms with Gasteiger partial charge in [-0.1, -0.05) is 0 Å². The van der Waals surface area contributed by atoms with E-state index in [1.165, 1.54) is 28.5 Å². The first-order chi connectivity index (χ1) is 10.5. The summed E-state index contributed by atoms with van der Waals surface area (Å²) in [4.78, 5) is 13.7. The topological polar surface area (TPSA) is 66.4 Å². The molecule has 0 N–H and O–H groups in total. The number of sulfonamides is 1. The molecule has 1 aliphatic carbocycles. The second-order valence-electron chi connectivity index (χ2n) is 5.88. The maximum Gasteiger partial charge on any atom is 0.211 e. The molecule has 6 nitrogen and oxygen atoms in total. The van der Waals surface area contributed by atoms with Crippen LogP contribution in [0.3, 0.4) is 0 Å². The van der Waals surface area contributed by atoms with Gasteiger partial charge in [-0.2, -0.15) is 4.31 Å². The van der Waals surface area contributed by atoms with Crippen LogP contribution in [0.1, 0.15) is 16.9 Å². The first-order valence-electron chi connectivity index (χ1n) is 7.49. The van der Waals surface area contributed by atoms with Gasteiger partial charge in [0.25, 0.3) is 0 Å². The SMILES string of the molecule is CS(=O)(=O)N1CCN(c2ncnc3sc4c(c23)CCC4)CC1. The summed E-state index contributed by atoms with van der Waals surface area (Å²) >= 11 is 1.79. The zero-order valence-corrected chi connectivity index (χ0v) is 14.1. The number of hydrogen-bond donors (Lipinski definition) is 0. The van der Waals surface area contributed by atoms with Crippen LogP contribution in [0.15, 0.2) is 6.33 Å². The van der Waals surface area contributed by atoms with E-state index < -0.39 is 10.0 Å². The fourth-order valence-electron chi connectivity index (χ4n) is 3.38. The number of aromatic nitrogens is 2. The maximum atomic E-state index is 11.6. The molecule has 4 rings (SSSR count). The average molecular weight is 338 g/mol. The molecule has 22 heavy (non-hydrogen) atoms. The lowest BCUT2D eigenvalue weighted by Crippen LogP contribution is -2.48. The molecule has 0 unspecified atom stereocenters. The molecule has 1 fully saturated rings. The number of nitrogens with zero attached hydrogens (tertiary/aromatic N) is 4. The molecule has 0 saturated carbocycles. The zero-order valence-electron chi connectivity index (χ0n) is 12.4. The minimum absolute atomic E-state index is 0.524. The summed E-state index contributed by atoms with van der Waals surface area (Å²) in [6.07, 6.45) is 6.38. The van der Waals surface area contributed by atoms with Crippen LogP contribution in [0.5, 0.6) is 0 Å². The Labute approximate surface area is 133 Å². The first kappa shape index (κ1) is 14.3. The van der Waals surface area contributed by atoms with Gasteiger partial charge < -0.3 is 4.90 Å². The molecule has 2 aromatic heterocycles. The molecule has 0 aromatic carbocycles. The lowest BCUT2D eigenvalue weighted by molar-refractivity contribution is 0.387. The van der Waals surface area contributed by atoms with Crippen LogP contribution in [0, 0.1) is 0 Å². The van der Waals surface area contributed by atoms with E-state index in [2.05, 4.69) is 14.9 Å². The smallest absolute Gasteiger partial charge is 0.211 e. The second kappa shape index (κ2) is 5.14. The lowest BCUT2D eigenvalue weighted by atomic mass is 10.1. The van der Waals surface area contributed by atoms with E-state index in [1.807, 2.05) is 0 Å². The third kappa shape index (κ3) is 2.29. The molecule has 0 spiro atoms. The van der Waals surface area contributed by atoms with Gasteiger partial charge in [0.1, 0.15) is 17.0 Å². The monoisotopic (exact) mass is 338 g/mol. The molecule has 0 radical (unpaired) electrons. The van der Waals surface area contributed by atoms with Gasteiger partial charge >= 0.3 is 0 Å². The van der Waals surface area contributed by atoms with Gasteiger partial charge in [-0.3, -0.25) is 0 Å². The molecule has 0 bridgehead atoms. The highest BCUT2D eigenvalue weighted by atomic mass is 32.2. The third-order valence-electron chi connectivity index (χ3n) is 4.49. The van der Waals surface area contributed by atoms with E-state index in [0.29, 0.717) is 26.2 Å². The highest BCUT2D eigenvalue weighted by molar-refractivity contribution is 7.88. The summed E-state index contributed by atoms with van der Waals surface area (Å²) in [7, 11) is -3.10. The number of aryl methyl sites for hydroxylation is 2. The molecule has 0 atom stereocenters. The molecule has 8 heteroatoms. The minimum Gasteiger partial charge on any atom is -0.353 e. The molecule has 1 saturated heterocycles. The third-order valence-corrected chi connectivity index (χ3v) is 6.99. The molecule has 2 aromatic rings. The average Bonchev–Trinajstić information content (AvgIpc) is 3.06. The Morgan fingerprint density at radius 2 is 1.91 bits per heavy atom. The van der Waals surface area contributed by atoms with Crippen LogP contribution in [0.25, 0.3) is 10.2 Å². The van der Waals surface area contributed by atoms with Crippen molar-refractivity contribution < 1.29 is 8.42 Å². The summed E-state index contributed by atoms with van der Waals surface area (Å²) in [5, 5.41) is 1.20. The largest absolute Gasteiger partial charge is 0.353 e. The van der Waals surface area contributed by atoms with Gasteiger partial charge in [0.2, 0.25) is 10.0 Å². The number of anilines is 1. The zero-order chi connectivity index (χ0) is 15.3. The van der Waals surface area contributed by atoms with Crippen molar-refractivity contribution >= 4 is 37.4 Å². The van der Waals surface area contributed by atoms with E-state index in [1.54, 1.807) is 22.0 Å². The van der Waals surface area contributed by atoms with Crippen LogP contribution >= 0.6 is 11.3 Å². The Bertz CT molecular complexity index is 823. The molecular weight excluding hydrogens is 320 g/mol. The second-order valence-corrected chi connectivity index (χ2v) is 8.95. The van der Waals surface area contributed by atoms with Crippen LogP contribution in [-0.4, -0.2) is 55.1 Å². The van der Waals surface area contributed by atoms with Crippen molar-refractivity contribution in [3.8, 4) is 0 Å². The Balaban J connectivity index is 1.68. The number of fused-ring (bicyclic) bond motifs is 3. The summed E-state index contributed by atoms with van der Waals surface area (Å²) < 4.78 is 24.8. The molecule has 2 aliphatic rings. The maximum absolute atomic E-state index is 11.6. The number of rotatable bonds is 2. The van der Waals surface area contributed by atoms with Crippen LogP contribution in [0.2, 0.25) is 0 Å². The quantitative estimate of drug-likeness (QED) is 0.825. The number of piperazine rings is 1. The predicted molar refractivity (Wildman–Crippen MR) is 88.1 cm³/mol. The predicted octanol–water partition coefficient (Wildman–Crippen LogP) is 1.26. The Morgan fingerprint density at radius 1 is 1.14 bits per heavy atom. The number of thiophene rings is 1. The lowest BCUT2D eigenvalue weighted by Gasteiger charge is -2.34. The highest BCUT2D eigenvalue weighted by Crippen LogP contribution is 2.40. The van der Waals surface area contributed by atoms with Crippen LogP contribution < -0.4 is 4.90 Å². The normalized spacial score (nSPS) is 19.8. The van der Waals surface area contributed by atoms with E-state index >= 15 is 0 Å². The van der Waals surface area contributed by atoms with Crippen molar-refractivity contribution in [1.29, 1.82) is 0 Å². The Kier molecular flexibility index (Phi) is 3.35. The van der Waals surface area contributed by atoms with E-state index in [-0.39, 0.29) is 0 Å². The van der Waals surface area contributed by atoms with Crippen molar-refractivity contribution in [3.63, 3.8) is 0 Å². The van der Waals surface area contributed by atoms with Crippen molar-refractivity contribution in [2.24, 2.45) is 0 Å². The number of hydrogen-bond acceptors (Lipinski definition) is 6. The summed E-state index contributed by atoms with van der Waals surface area (Å²) in [6, 6.07) is 0. The molecule has 0 amide bonds. The fraction of sp³-hybridized carbons (Fsp3) is 0.571. The van der Waals surface area contributed by atoms with Crippen LogP contribution in [-0.2, 0) is 22.9 Å². The first-order valence-corrected chi connectivity index (χ1v) is 10.2. The highest BCUT2D eigenvalue weighted by Gasteiger charge is 2.27. The van der Waals surface area contributed by atoms with E-state index in [4.69, 9.17) is 0 Å². The van der Waals surface area contributed by atoms with Gasteiger partial charge in [0.15, 0.2) is 0 Å². The van der Waals surface area contributed by atoms with Gasteiger partial charge in [0.05, 0.1) is 11.6 Å². The van der Waals surface area contributed by atoms with Gasteiger partial charge in [-0.05, 0) is 24.8 Å². The van der Waals surface area contributed by atoms with Crippen molar-refractivity contribution in [1.82, 2.24) is 14.3 Å². The Hall–Kier alpha value is -1.25. The van der Waals surface area contributed by atoms with E-state index in [0.717, 1.165) is 23.5 Å². The van der Waals surface area contributed by atoms with Crippen LogP contribution in [0.4, 0.5) is 5.82 Å². The summed E-state index contributed by atoms with van der Waals surface area (Å²) in [6.45, 7) is 2.42. The van der Waals surface area contributed by atoms with E-state index in [9.17, 15) is 8.42 Å². The molecular formula is C14H18N4O2S2. The van der Waals surface area contributed by atoms with Crippen molar-refractivity contribution in [2.75, 3.05) is 37.3 Å². The summed E-state index contributed by atoms with van der Waals surface area (Å²) in [5.41, 5.74) is 1.42. The standard InChI is InChI=1S/C14H18N4O2S2/c1-22(19,20)18-7-5-17(6-8-18)13-12-10-3-2-4-11(10)21-14(12)16-9-15-13/h9H,2-8H2,1H3. The van der Waals surface area contributed by atoms with Gasteiger partial charge in [-0.15, -0.1) is 11.3 Å². The van der Waals surface area contributed by atoms with Crippen molar-refractivity contribution in [2.45, 2.75) is 19.3 Å². The molecule has 118 valence electrons. The minimum atomic E-state index is -3.10. The van der Waals surface area contributed by atoms with Gasteiger partial charge in [-0.25, -0.2) is 18.4 Å². The van der Waals surface area contributed by atoms with Crippen molar-refractivity contribution in [3.05, 3.63) is 16.8 Å². The molecule has 3 heterocycles. The molecule has 1 aliphatic heterocycles. The summed E-state index contributed by atoms with van der Waals surface area (Å²) in [5.74, 6) is 0.984. The Morgan fingerprint density at radius 3 is 2.64 bits per heavy atom.